The average molecular weight is 342 g/mol. The SMILES string of the molecule is COCCn1cccc1[C@H]1[C@@H](c2ccccn2)N=C2S[C@@H](C)CN21. The Hall–Kier alpha value is -1.79. The second-order valence-corrected chi connectivity index (χ2v) is 7.66. The van der Waals surface area contributed by atoms with Crippen LogP contribution in [0.5, 0.6) is 0 Å². The number of pyridine rings is 1. The molecular weight excluding hydrogens is 320 g/mol. The Bertz CT molecular complexity index is 730. The van der Waals surface area contributed by atoms with Gasteiger partial charge in [0.1, 0.15) is 6.04 Å². The highest BCUT2D eigenvalue weighted by Crippen LogP contribution is 2.47. The quantitative estimate of drug-likeness (QED) is 0.837. The van der Waals surface area contributed by atoms with Crippen molar-refractivity contribution in [1.82, 2.24) is 14.5 Å². The number of hydrogen-bond acceptors (Lipinski definition) is 5. The van der Waals surface area contributed by atoms with Crippen molar-refractivity contribution in [2.45, 2.75) is 30.8 Å². The van der Waals surface area contributed by atoms with Crippen molar-refractivity contribution >= 4 is 16.9 Å². The predicted molar refractivity (Wildman–Crippen MR) is 97.2 cm³/mol. The summed E-state index contributed by atoms with van der Waals surface area (Å²) in [5.41, 5.74) is 2.33. The highest BCUT2D eigenvalue weighted by Gasteiger charge is 2.44. The van der Waals surface area contributed by atoms with Crippen LogP contribution < -0.4 is 0 Å². The topological polar surface area (TPSA) is 42.6 Å². The van der Waals surface area contributed by atoms with E-state index in [4.69, 9.17) is 9.73 Å². The van der Waals surface area contributed by atoms with E-state index in [1.54, 1.807) is 7.11 Å². The molecule has 24 heavy (non-hydrogen) atoms. The number of thioether (sulfide) groups is 1. The molecule has 6 heteroatoms. The Kier molecular flexibility index (Phi) is 4.33. The number of amidine groups is 1. The smallest absolute Gasteiger partial charge is 0.160 e. The molecule has 0 radical (unpaired) electrons. The number of methoxy groups -OCH3 is 1. The fourth-order valence-corrected chi connectivity index (χ4v) is 4.62. The fraction of sp³-hybridized carbons (Fsp3) is 0.444. The normalized spacial score (nSPS) is 25.8. The van der Waals surface area contributed by atoms with Gasteiger partial charge in [-0.05, 0) is 24.3 Å². The Labute approximate surface area is 146 Å². The molecule has 2 aromatic heterocycles. The minimum Gasteiger partial charge on any atom is -0.383 e. The molecule has 5 nitrogen and oxygen atoms in total. The summed E-state index contributed by atoms with van der Waals surface area (Å²) < 4.78 is 7.56. The fourth-order valence-electron chi connectivity index (χ4n) is 3.53. The number of ether oxygens (including phenoxy) is 1. The van der Waals surface area contributed by atoms with Crippen molar-refractivity contribution in [3.63, 3.8) is 0 Å². The van der Waals surface area contributed by atoms with Crippen LogP contribution in [0.2, 0.25) is 0 Å². The van der Waals surface area contributed by atoms with Gasteiger partial charge in [-0.3, -0.25) is 9.98 Å². The largest absolute Gasteiger partial charge is 0.383 e. The van der Waals surface area contributed by atoms with Crippen LogP contribution in [0, 0.1) is 0 Å². The van der Waals surface area contributed by atoms with E-state index in [1.807, 2.05) is 30.1 Å². The molecule has 2 aromatic rings. The lowest BCUT2D eigenvalue weighted by Gasteiger charge is -2.28. The first kappa shape index (κ1) is 15.7. The van der Waals surface area contributed by atoms with Gasteiger partial charge < -0.3 is 14.2 Å². The van der Waals surface area contributed by atoms with E-state index in [0.29, 0.717) is 11.9 Å². The van der Waals surface area contributed by atoms with Crippen LogP contribution in [0.1, 0.15) is 30.4 Å². The maximum Gasteiger partial charge on any atom is 0.160 e. The number of hydrogen-bond donors (Lipinski definition) is 0. The third kappa shape index (κ3) is 2.74. The Morgan fingerprint density at radius 3 is 3.00 bits per heavy atom. The van der Waals surface area contributed by atoms with Gasteiger partial charge in [-0.15, -0.1) is 0 Å². The summed E-state index contributed by atoms with van der Waals surface area (Å²) in [5, 5.41) is 1.74. The highest BCUT2D eigenvalue weighted by atomic mass is 32.2. The first-order valence-electron chi connectivity index (χ1n) is 8.34. The van der Waals surface area contributed by atoms with Gasteiger partial charge in [-0.2, -0.15) is 0 Å². The Morgan fingerprint density at radius 2 is 2.21 bits per heavy atom. The first-order valence-corrected chi connectivity index (χ1v) is 9.22. The van der Waals surface area contributed by atoms with E-state index in [2.05, 4.69) is 45.8 Å². The van der Waals surface area contributed by atoms with Gasteiger partial charge in [0, 0.05) is 43.5 Å². The van der Waals surface area contributed by atoms with E-state index < -0.39 is 0 Å². The number of aromatic nitrogens is 2. The number of rotatable bonds is 5. The number of fused-ring (bicyclic) bond motifs is 1. The third-order valence-electron chi connectivity index (χ3n) is 4.59. The molecule has 4 rings (SSSR count). The van der Waals surface area contributed by atoms with Crippen LogP contribution >= 0.6 is 11.8 Å². The number of nitrogens with zero attached hydrogens (tertiary/aromatic N) is 4. The van der Waals surface area contributed by atoms with Gasteiger partial charge in [0.15, 0.2) is 5.17 Å². The minimum atomic E-state index is 0.0531. The summed E-state index contributed by atoms with van der Waals surface area (Å²) in [5.74, 6) is 0. The molecule has 126 valence electrons. The van der Waals surface area contributed by atoms with Crippen molar-refractivity contribution in [3.05, 3.63) is 54.1 Å². The molecule has 4 heterocycles. The zero-order chi connectivity index (χ0) is 16.5. The lowest BCUT2D eigenvalue weighted by atomic mass is 10.0. The second kappa shape index (κ2) is 6.61. The van der Waals surface area contributed by atoms with Gasteiger partial charge in [0.05, 0.1) is 18.3 Å². The monoisotopic (exact) mass is 342 g/mol. The van der Waals surface area contributed by atoms with E-state index in [0.717, 1.165) is 24.0 Å². The number of aliphatic imine (C=N–C) groups is 1. The van der Waals surface area contributed by atoms with Crippen LogP contribution in [-0.2, 0) is 11.3 Å². The van der Waals surface area contributed by atoms with Gasteiger partial charge in [0.2, 0.25) is 0 Å². The van der Waals surface area contributed by atoms with Gasteiger partial charge in [-0.1, -0.05) is 24.8 Å². The molecule has 0 unspecified atom stereocenters. The molecule has 2 aliphatic heterocycles. The van der Waals surface area contributed by atoms with Crippen molar-refractivity contribution < 1.29 is 4.74 Å². The Balaban J connectivity index is 1.72. The molecule has 0 spiro atoms. The van der Waals surface area contributed by atoms with Crippen LogP contribution in [-0.4, -0.2) is 45.1 Å². The summed E-state index contributed by atoms with van der Waals surface area (Å²) >= 11 is 1.87. The lowest BCUT2D eigenvalue weighted by Crippen LogP contribution is -2.30. The molecule has 1 saturated heterocycles. The maximum absolute atomic E-state index is 5.27. The molecule has 1 fully saturated rings. The summed E-state index contributed by atoms with van der Waals surface area (Å²) in [6.45, 7) is 4.87. The lowest BCUT2D eigenvalue weighted by molar-refractivity contribution is 0.184. The summed E-state index contributed by atoms with van der Waals surface area (Å²) in [7, 11) is 1.75. The molecule has 0 bridgehead atoms. The zero-order valence-electron chi connectivity index (χ0n) is 14.0. The van der Waals surface area contributed by atoms with Crippen LogP contribution in [0.3, 0.4) is 0 Å². The predicted octanol–water partition coefficient (Wildman–Crippen LogP) is 3.12. The van der Waals surface area contributed by atoms with Crippen molar-refractivity contribution in [2.24, 2.45) is 4.99 Å². The second-order valence-electron chi connectivity index (χ2n) is 6.26. The summed E-state index contributed by atoms with van der Waals surface area (Å²) in [6.07, 6.45) is 3.99. The minimum absolute atomic E-state index is 0.0531. The van der Waals surface area contributed by atoms with Crippen molar-refractivity contribution in [3.8, 4) is 0 Å². The molecule has 0 aliphatic carbocycles. The van der Waals surface area contributed by atoms with Gasteiger partial charge >= 0.3 is 0 Å². The van der Waals surface area contributed by atoms with E-state index in [1.165, 1.54) is 5.69 Å². The van der Waals surface area contributed by atoms with Gasteiger partial charge in [0.25, 0.3) is 0 Å². The molecule has 0 aromatic carbocycles. The summed E-state index contributed by atoms with van der Waals surface area (Å²) in [6, 6.07) is 10.7. The molecule has 0 N–H and O–H groups in total. The van der Waals surface area contributed by atoms with Crippen molar-refractivity contribution in [2.75, 3.05) is 20.3 Å². The standard InChI is InChI=1S/C18H22N4OS/c1-13-12-22-17(15-7-5-9-21(15)10-11-23-2)16(20-18(22)24-13)14-6-3-4-8-19-14/h3-9,13,16-17H,10-12H2,1-2H3/t13-,16+,17-/m0/s1. The van der Waals surface area contributed by atoms with E-state index >= 15 is 0 Å². The first-order chi connectivity index (χ1) is 11.8. The van der Waals surface area contributed by atoms with E-state index in [9.17, 15) is 0 Å². The zero-order valence-corrected chi connectivity index (χ0v) is 14.8. The third-order valence-corrected chi connectivity index (χ3v) is 5.69. The Morgan fingerprint density at radius 1 is 1.29 bits per heavy atom. The highest BCUT2D eigenvalue weighted by molar-refractivity contribution is 8.14. The van der Waals surface area contributed by atoms with Crippen LogP contribution in [0.15, 0.2) is 47.7 Å². The molecular formula is C18H22N4OS. The molecule has 2 aliphatic rings. The molecule has 3 atom stereocenters. The summed E-state index contributed by atoms with van der Waals surface area (Å²) in [4.78, 5) is 12.1. The average Bonchev–Trinajstić information content (AvgIpc) is 3.27. The van der Waals surface area contributed by atoms with Crippen LogP contribution in [0.25, 0.3) is 0 Å². The van der Waals surface area contributed by atoms with Gasteiger partial charge in [-0.25, -0.2) is 0 Å². The molecule has 0 saturated carbocycles. The van der Waals surface area contributed by atoms with E-state index in [-0.39, 0.29) is 12.1 Å². The van der Waals surface area contributed by atoms with Crippen LogP contribution in [0.4, 0.5) is 0 Å². The maximum atomic E-state index is 5.27. The van der Waals surface area contributed by atoms with Crippen molar-refractivity contribution in [1.29, 1.82) is 0 Å². The molecule has 0 amide bonds.